The second-order valence-corrected chi connectivity index (χ2v) is 11.8. The van der Waals surface area contributed by atoms with Crippen molar-refractivity contribution in [1.82, 2.24) is 20.1 Å². The molecule has 0 saturated carbocycles. The zero-order valence-corrected chi connectivity index (χ0v) is 22.7. The van der Waals surface area contributed by atoms with E-state index in [2.05, 4.69) is 27.5 Å². The molecule has 7 heteroatoms. The first-order valence-corrected chi connectivity index (χ1v) is 13.7. The van der Waals surface area contributed by atoms with E-state index >= 15 is 0 Å². The van der Waals surface area contributed by atoms with Crippen LogP contribution in [0.1, 0.15) is 76.2 Å². The van der Waals surface area contributed by atoms with E-state index in [-0.39, 0.29) is 23.3 Å². The molecular weight excluding hydrogens is 488 g/mol. The summed E-state index contributed by atoms with van der Waals surface area (Å²) in [6.45, 7) is 8.80. The molecule has 1 aromatic heterocycles. The SMILES string of the molecule is CC(C)(C)NC(=O)c1ccc2c(C3CCN(CCN4C(=O)c5cccc6cccc(c56)C4=O)CC3)c[nH]c2c1. The molecule has 3 heterocycles. The van der Waals surface area contributed by atoms with Crippen molar-refractivity contribution < 1.29 is 14.4 Å². The Morgan fingerprint density at radius 2 is 1.62 bits per heavy atom. The average Bonchev–Trinajstić information content (AvgIpc) is 3.34. The van der Waals surface area contributed by atoms with Crippen LogP contribution in [0.25, 0.3) is 21.7 Å². The van der Waals surface area contributed by atoms with Crippen molar-refractivity contribution in [2.45, 2.75) is 45.1 Å². The third kappa shape index (κ3) is 4.72. The first-order chi connectivity index (χ1) is 18.7. The topological polar surface area (TPSA) is 85.5 Å². The molecule has 4 aromatic rings. The fourth-order valence-corrected chi connectivity index (χ4v) is 6.03. The maximum atomic E-state index is 13.2. The number of piperidine rings is 1. The smallest absolute Gasteiger partial charge is 0.261 e. The van der Waals surface area contributed by atoms with E-state index in [1.54, 1.807) is 0 Å². The third-order valence-corrected chi connectivity index (χ3v) is 7.99. The van der Waals surface area contributed by atoms with E-state index < -0.39 is 0 Å². The van der Waals surface area contributed by atoms with Crippen LogP contribution in [0, 0.1) is 0 Å². The summed E-state index contributed by atoms with van der Waals surface area (Å²) in [7, 11) is 0. The fourth-order valence-electron chi connectivity index (χ4n) is 6.03. The Kier molecular flexibility index (Phi) is 6.26. The van der Waals surface area contributed by atoms with Crippen LogP contribution in [0.15, 0.2) is 60.8 Å². The van der Waals surface area contributed by atoms with Gasteiger partial charge >= 0.3 is 0 Å². The second kappa shape index (κ2) is 9.65. The van der Waals surface area contributed by atoms with Gasteiger partial charge in [0.2, 0.25) is 0 Å². The van der Waals surface area contributed by atoms with E-state index in [9.17, 15) is 14.4 Å². The van der Waals surface area contributed by atoms with Crippen molar-refractivity contribution in [1.29, 1.82) is 0 Å². The second-order valence-electron chi connectivity index (χ2n) is 11.8. The van der Waals surface area contributed by atoms with Gasteiger partial charge in [0.25, 0.3) is 17.7 Å². The normalized spacial score (nSPS) is 16.8. The maximum absolute atomic E-state index is 13.2. The van der Waals surface area contributed by atoms with Gasteiger partial charge in [-0.15, -0.1) is 0 Å². The number of likely N-dealkylation sites (tertiary alicyclic amines) is 1. The minimum Gasteiger partial charge on any atom is -0.361 e. The van der Waals surface area contributed by atoms with Gasteiger partial charge < -0.3 is 15.2 Å². The summed E-state index contributed by atoms with van der Waals surface area (Å²) < 4.78 is 0. The number of carbonyl (C=O) groups is 3. The summed E-state index contributed by atoms with van der Waals surface area (Å²) >= 11 is 0. The molecule has 0 unspecified atom stereocenters. The lowest BCUT2D eigenvalue weighted by atomic mass is 9.89. The summed E-state index contributed by atoms with van der Waals surface area (Å²) in [6, 6.07) is 17.2. The van der Waals surface area contributed by atoms with E-state index in [1.807, 2.05) is 69.3 Å². The molecule has 2 aliphatic rings. The van der Waals surface area contributed by atoms with E-state index in [4.69, 9.17) is 0 Å². The number of benzene rings is 3. The molecule has 3 aromatic carbocycles. The number of hydrogen-bond donors (Lipinski definition) is 2. The highest BCUT2D eigenvalue weighted by molar-refractivity contribution is 6.25. The number of carbonyl (C=O) groups excluding carboxylic acids is 3. The molecule has 3 amide bonds. The van der Waals surface area contributed by atoms with Gasteiger partial charge in [-0.25, -0.2) is 0 Å². The standard InChI is InChI=1S/C32H34N4O3/c1-32(2,3)34-29(37)22-10-11-23-26(19-33-27(23)18-22)20-12-14-35(15-13-20)16-17-36-30(38)24-8-4-6-21-7-5-9-25(28(21)24)31(36)39/h4-11,18-20,33H,12-17H2,1-3H3,(H,34,37). The molecule has 39 heavy (non-hydrogen) atoms. The van der Waals surface area contributed by atoms with E-state index in [1.165, 1.54) is 10.5 Å². The van der Waals surface area contributed by atoms with Gasteiger partial charge in [0.05, 0.1) is 0 Å². The Hall–Kier alpha value is -3.97. The minimum absolute atomic E-state index is 0.0697. The number of amides is 3. The van der Waals surface area contributed by atoms with Crippen LogP contribution in [0.3, 0.4) is 0 Å². The van der Waals surface area contributed by atoms with Crippen molar-refractivity contribution >= 4 is 39.4 Å². The van der Waals surface area contributed by atoms with Crippen LogP contribution >= 0.6 is 0 Å². The van der Waals surface area contributed by atoms with Crippen LogP contribution in [0.4, 0.5) is 0 Å². The predicted octanol–water partition coefficient (Wildman–Crippen LogP) is 5.33. The number of aromatic amines is 1. The van der Waals surface area contributed by atoms with Gasteiger partial charge in [0.15, 0.2) is 0 Å². The van der Waals surface area contributed by atoms with Crippen LogP contribution in [-0.4, -0.2) is 64.2 Å². The van der Waals surface area contributed by atoms with Gasteiger partial charge in [-0.05, 0) is 87.8 Å². The Morgan fingerprint density at radius 3 is 2.26 bits per heavy atom. The summed E-state index contributed by atoms with van der Waals surface area (Å²) in [5, 5.41) is 5.88. The average molecular weight is 523 g/mol. The summed E-state index contributed by atoms with van der Waals surface area (Å²) in [5.41, 5.74) is 3.86. The molecule has 7 nitrogen and oxygen atoms in total. The number of nitrogens with zero attached hydrogens (tertiary/aromatic N) is 2. The highest BCUT2D eigenvalue weighted by Gasteiger charge is 2.33. The Bertz CT molecular complexity index is 1550. The number of rotatable bonds is 5. The van der Waals surface area contributed by atoms with Crippen LogP contribution in [0.5, 0.6) is 0 Å². The summed E-state index contributed by atoms with van der Waals surface area (Å²) in [5.74, 6) is -0.0475. The highest BCUT2D eigenvalue weighted by atomic mass is 16.2. The molecule has 2 N–H and O–H groups in total. The van der Waals surface area contributed by atoms with Crippen molar-refractivity contribution in [3.63, 3.8) is 0 Å². The van der Waals surface area contributed by atoms with Crippen molar-refractivity contribution in [2.75, 3.05) is 26.2 Å². The minimum atomic E-state index is -0.284. The number of fused-ring (bicyclic) bond motifs is 1. The number of H-pyrrole nitrogens is 1. The van der Waals surface area contributed by atoms with E-state index in [0.29, 0.717) is 35.7 Å². The quantitative estimate of drug-likeness (QED) is 0.347. The molecule has 0 radical (unpaired) electrons. The predicted molar refractivity (Wildman–Crippen MR) is 153 cm³/mol. The first-order valence-electron chi connectivity index (χ1n) is 13.7. The zero-order valence-electron chi connectivity index (χ0n) is 22.7. The third-order valence-electron chi connectivity index (χ3n) is 7.99. The molecule has 6 rings (SSSR count). The largest absolute Gasteiger partial charge is 0.361 e. The van der Waals surface area contributed by atoms with E-state index in [0.717, 1.165) is 47.6 Å². The lowest BCUT2D eigenvalue weighted by molar-refractivity contribution is 0.0586. The number of aromatic nitrogens is 1. The monoisotopic (exact) mass is 522 g/mol. The zero-order chi connectivity index (χ0) is 27.3. The Labute approximate surface area is 228 Å². The maximum Gasteiger partial charge on any atom is 0.261 e. The molecule has 1 saturated heterocycles. The first kappa shape index (κ1) is 25.3. The van der Waals surface area contributed by atoms with Crippen molar-refractivity contribution in [2.24, 2.45) is 0 Å². The number of imide groups is 1. The van der Waals surface area contributed by atoms with Gasteiger partial charge in [0, 0.05) is 57.8 Å². The lowest BCUT2D eigenvalue weighted by Gasteiger charge is -2.34. The lowest BCUT2D eigenvalue weighted by Crippen LogP contribution is -2.45. The number of hydrogen-bond acceptors (Lipinski definition) is 4. The summed E-state index contributed by atoms with van der Waals surface area (Å²) in [4.78, 5) is 46.2. The molecule has 0 spiro atoms. The Balaban J connectivity index is 1.09. The van der Waals surface area contributed by atoms with Gasteiger partial charge in [0.1, 0.15) is 0 Å². The van der Waals surface area contributed by atoms with Gasteiger partial charge in [-0.3, -0.25) is 19.3 Å². The molecule has 200 valence electrons. The molecule has 0 bridgehead atoms. The van der Waals surface area contributed by atoms with Crippen LogP contribution in [-0.2, 0) is 0 Å². The molecule has 1 fully saturated rings. The van der Waals surface area contributed by atoms with Gasteiger partial charge in [-0.2, -0.15) is 0 Å². The number of nitrogens with one attached hydrogen (secondary N) is 2. The van der Waals surface area contributed by atoms with Crippen molar-refractivity contribution in [3.8, 4) is 0 Å². The highest BCUT2D eigenvalue weighted by Crippen LogP contribution is 2.34. The molecule has 2 aliphatic heterocycles. The molecule has 0 atom stereocenters. The van der Waals surface area contributed by atoms with Crippen LogP contribution < -0.4 is 5.32 Å². The molecule has 0 aliphatic carbocycles. The van der Waals surface area contributed by atoms with Crippen molar-refractivity contribution in [3.05, 3.63) is 83.0 Å². The van der Waals surface area contributed by atoms with Crippen LogP contribution in [0.2, 0.25) is 0 Å². The molecular formula is C32H34N4O3. The fraction of sp³-hybridized carbons (Fsp3) is 0.344. The Morgan fingerprint density at radius 1 is 0.949 bits per heavy atom. The van der Waals surface area contributed by atoms with Gasteiger partial charge in [-0.1, -0.05) is 30.3 Å². The summed E-state index contributed by atoms with van der Waals surface area (Å²) in [6.07, 6.45) is 4.09.